The molecule has 0 bridgehead atoms. The second-order valence-corrected chi connectivity index (χ2v) is 4.28. The first-order valence-electron chi connectivity index (χ1n) is 5.14. The Labute approximate surface area is 94.6 Å². The van der Waals surface area contributed by atoms with Gasteiger partial charge in [-0.1, -0.05) is 17.7 Å². The summed E-state index contributed by atoms with van der Waals surface area (Å²) in [7, 11) is 1.97. The van der Waals surface area contributed by atoms with Gasteiger partial charge in [-0.25, -0.2) is 0 Å². The third-order valence-corrected chi connectivity index (χ3v) is 3.07. The molecule has 1 aromatic carbocycles. The van der Waals surface area contributed by atoms with E-state index in [0.29, 0.717) is 6.04 Å². The van der Waals surface area contributed by atoms with Crippen LogP contribution in [-0.4, -0.2) is 18.1 Å². The number of hydrogen-bond donors (Lipinski definition) is 2. The van der Waals surface area contributed by atoms with Gasteiger partial charge in [-0.2, -0.15) is 0 Å². The Morgan fingerprint density at radius 1 is 1.47 bits per heavy atom. The predicted octanol–water partition coefficient (Wildman–Crippen LogP) is 2.97. The molecule has 1 heterocycles. The quantitative estimate of drug-likeness (QED) is 0.821. The van der Waals surface area contributed by atoms with Gasteiger partial charge in [-0.3, -0.25) is 0 Å². The predicted molar refractivity (Wildman–Crippen MR) is 65.5 cm³/mol. The van der Waals surface area contributed by atoms with Crippen molar-refractivity contribution < 1.29 is 0 Å². The number of fused-ring (bicyclic) bond motifs is 1. The van der Waals surface area contributed by atoms with Crippen molar-refractivity contribution in [1.29, 1.82) is 0 Å². The van der Waals surface area contributed by atoms with Crippen molar-refractivity contribution in [2.45, 2.75) is 19.4 Å². The molecule has 2 aromatic rings. The molecule has 1 unspecified atom stereocenters. The highest BCUT2D eigenvalue weighted by Crippen LogP contribution is 2.27. The minimum atomic E-state index is 0.459. The minimum Gasteiger partial charge on any atom is -0.361 e. The van der Waals surface area contributed by atoms with Crippen molar-refractivity contribution in [3.63, 3.8) is 0 Å². The summed E-state index contributed by atoms with van der Waals surface area (Å²) in [5.41, 5.74) is 2.39. The van der Waals surface area contributed by atoms with Gasteiger partial charge in [0.2, 0.25) is 0 Å². The van der Waals surface area contributed by atoms with E-state index in [1.165, 1.54) is 5.56 Å². The number of halogens is 1. The molecule has 0 aliphatic rings. The summed E-state index contributed by atoms with van der Waals surface area (Å²) in [5, 5.41) is 5.21. The van der Waals surface area contributed by atoms with E-state index in [4.69, 9.17) is 11.6 Å². The summed E-state index contributed by atoms with van der Waals surface area (Å²) < 4.78 is 0. The molecule has 2 N–H and O–H groups in total. The second kappa shape index (κ2) is 4.25. The molecule has 3 heteroatoms. The van der Waals surface area contributed by atoms with Gasteiger partial charge in [0.15, 0.2) is 0 Å². The van der Waals surface area contributed by atoms with Crippen LogP contribution in [0.25, 0.3) is 10.9 Å². The molecule has 0 radical (unpaired) electrons. The fourth-order valence-electron chi connectivity index (χ4n) is 1.80. The van der Waals surface area contributed by atoms with E-state index in [1.807, 2.05) is 25.4 Å². The molecule has 0 aliphatic carbocycles. The van der Waals surface area contributed by atoms with Crippen LogP contribution in [0, 0.1) is 0 Å². The minimum absolute atomic E-state index is 0.459. The van der Waals surface area contributed by atoms with Crippen LogP contribution >= 0.6 is 11.6 Å². The average molecular weight is 223 g/mol. The molecule has 0 aliphatic heterocycles. The summed E-state index contributed by atoms with van der Waals surface area (Å²) >= 11 is 6.19. The van der Waals surface area contributed by atoms with Crippen molar-refractivity contribution in [3.05, 3.63) is 35.0 Å². The first-order valence-corrected chi connectivity index (χ1v) is 5.52. The van der Waals surface area contributed by atoms with Crippen LogP contribution in [0.2, 0.25) is 5.02 Å². The van der Waals surface area contributed by atoms with Gasteiger partial charge >= 0.3 is 0 Å². The Bertz CT molecular complexity index is 462. The van der Waals surface area contributed by atoms with Crippen molar-refractivity contribution in [2.75, 3.05) is 7.05 Å². The van der Waals surface area contributed by atoms with E-state index in [-0.39, 0.29) is 0 Å². The number of nitrogens with one attached hydrogen (secondary N) is 2. The maximum Gasteiger partial charge on any atom is 0.0502 e. The SMILES string of the molecule is CNC(C)Cc1c[nH]c2cccc(Cl)c12. The number of aromatic nitrogens is 1. The summed E-state index contributed by atoms with van der Waals surface area (Å²) in [5.74, 6) is 0. The zero-order chi connectivity index (χ0) is 10.8. The Kier molecular flexibility index (Phi) is 2.98. The highest BCUT2D eigenvalue weighted by molar-refractivity contribution is 6.35. The van der Waals surface area contributed by atoms with Crippen molar-refractivity contribution in [1.82, 2.24) is 10.3 Å². The topological polar surface area (TPSA) is 27.8 Å². The molecule has 0 saturated carbocycles. The van der Waals surface area contributed by atoms with Crippen molar-refractivity contribution >= 4 is 22.5 Å². The van der Waals surface area contributed by atoms with E-state index < -0.39 is 0 Å². The van der Waals surface area contributed by atoms with Crippen LogP contribution in [0.5, 0.6) is 0 Å². The average Bonchev–Trinajstić information content (AvgIpc) is 2.63. The number of likely N-dealkylation sites (N-methyl/N-ethyl adjacent to an activating group) is 1. The fourth-order valence-corrected chi connectivity index (χ4v) is 2.10. The molecule has 2 rings (SSSR count). The summed E-state index contributed by atoms with van der Waals surface area (Å²) in [6.07, 6.45) is 3.03. The van der Waals surface area contributed by atoms with Gasteiger partial charge in [0.25, 0.3) is 0 Å². The van der Waals surface area contributed by atoms with Crippen molar-refractivity contribution in [2.24, 2.45) is 0 Å². The van der Waals surface area contributed by atoms with Gasteiger partial charge in [-0.15, -0.1) is 0 Å². The molecule has 2 nitrogen and oxygen atoms in total. The third-order valence-electron chi connectivity index (χ3n) is 2.76. The Morgan fingerprint density at radius 3 is 3.00 bits per heavy atom. The highest BCUT2D eigenvalue weighted by Gasteiger charge is 2.09. The lowest BCUT2D eigenvalue weighted by Crippen LogP contribution is -2.23. The normalized spacial score (nSPS) is 13.3. The van der Waals surface area contributed by atoms with Gasteiger partial charge in [0.1, 0.15) is 0 Å². The summed E-state index contributed by atoms with van der Waals surface area (Å²) in [6.45, 7) is 2.16. The summed E-state index contributed by atoms with van der Waals surface area (Å²) in [4.78, 5) is 3.25. The smallest absolute Gasteiger partial charge is 0.0502 e. The van der Waals surface area contributed by atoms with Crippen molar-refractivity contribution in [3.8, 4) is 0 Å². The number of rotatable bonds is 3. The van der Waals surface area contributed by atoms with Gasteiger partial charge in [0.05, 0.1) is 5.02 Å². The lowest BCUT2D eigenvalue weighted by molar-refractivity contribution is 0.610. The fraction of sp³-hybridized carbons (Fsp3) is 0.333. The zero-order valence-corrected chi connectivity index (χ0v) is 9.73. The lowest BCUT2D eigenvalue weighted by Gasteiger charge is -2.08. The third kappa shape index (κ3) is 2.01. The zero-order valence-electron chi connectivity index (χ0n) is 8.97. The van der Waals surface area contributed by atoms with Crippen LogP contribution in [0.1, 0.15) is 12.5 Å². The monoisotopic (exact) mass is 222 g/mol. The molecule has 15 heavy (non-hydrogen) atoms. The molecule has 0 spiro atoms. The van der Waals surface area contributed by atoms with Crippen LogP contribution in [-0.2, 0) is 6.42 Å². The van der Waals surface area contributed by atoms with E-state index in [2.05, 4.69) is 23.3 Å². The van der Waals surface area contributed by atoms with E-state index in [1.54, 1.807) is 0 Å². The maximum atomic E-state index is 6.19. The number of benzene rings is 1. The molecular formula is C12H15ClN2. The van der Waals surface area contributed by atoms with Crippen LogP contribution in [0.3, 0.4) is 0 Å². The molecule has 0 saturated heterocycles. The Balaban J connectivity index is 2.43. The standard InChI is InChI=1S/C12H15ClN2/c1-8(14-2)6-9-7-15-11-5-3-4-10(13)12(9)11/h3-5,7-8,14-15H,6H2,1-2H3. The summed E-state index contributed by atoms with van der Waals surface area (Å²) in [6, 6.07) is 6.41. The van der Waals surface area contributed by atoms with Gasteiger partial charge < -0.3 is 10.3 Å². The van der Waals surface area contributed by atoms with Crippen LogP contribution in [0.4, 0.5) is 0 Å². The number of aromatic amines is 1. The molecular weight excluding hydrogens is 208 g/mol. The first kappa shape index (κ1) is 10.5. The molecule has 0 amide bonds. The van der Waals surface area contributed by atoms with E-state index in [9.17, 15) is 0 Å². The molecule has 1 atom stereocenters. The Morgan fingerprint density at radius 2 is 2.27 bits per heavy atom. The lowest BCUT2D eigenvalue weighted by atomic mass is 10.1. The Hall–Kier alpha value is -0.990. The van der Waals surface area contributed by atoms with E-state index in [0.717, 1.165) is 22.3 Å². The molecule has 0 fully saturated rings. The highest BCUT2D eigenvalue weighted by atomic mass is 35.5. The van der Waals surface area contributed by atoms with Crippen LogP contribution < -0.4 is 5.32 Å². The first-order chi connectivity index (χ1) is 7.22. The number of H-pyrrole nitrogens is 1. The van der Waals surface area contributed by atoms with E-state index >= 15 is 0 Å². The van der Waals surface area contributed by atoms with Gasteiger partial charge in [-0.05, 0) is 38.1 Å². The number of hydrogen-bond acceptors (Lipinski definition) is 1. The largest absolute Gasteiger partial charge is 0.361 e. The molecule has 1 aromatic heterocycles. The second-order valence-electron chi connectivity index (χ2n) is 3.87. The van der Waals surface area contributed by atoms with Crippen LogP contribution in [0.15, 0.2) is 24.4 Å². The molecule has 80 valence electrons. The maximum absolute atomic E-state index is 6.19. The van der Waals surface area contributed by atoms with Gasteiger partial charge in [0, 0.05) is 23.1 Å².